The first kappa shape index (κ1) is 12.6. The fourth-order valence-corrected chi connectivity index (χ4v) is 2.69. The van der Waals surface area contributed by atoms with E-state index in [1.807, 2.05) is 5.51 Å². The molecule has 2 atom stereocenters. The quantitative estimate of drug-likeness (QED) is 0.828. The van der Waals surface area contributed by atoms with Crippen molar-refractivity contribution >= 4 is 30.0 Å². The van der Waals surface area contributed by atoms with Crippen LogP contribution in [0.3, 0.4) is 0 Å². The van der Waals surface area contributed by atoms with E-state index in [1.165, 1.54) is 0 Å². The zero-order chi connectivity index (χ0) is 9.80. The van der Waals surface area contributed by atoms with Crippen LogP contribution >= 0.6 is 23.7 Å². The molecule has 1 saturated heterocycles. The third kappa shape index (κ3) is 3.00. The molecular formula is C10H15ClN2OS. The molecule has 84 valence electrons. The van der Waals surface area contributed by atoms with Crippen molar-refractivity contribution in [3.8, 4) is 0 Å². The van der Waals surface area contributed by atoms with Crippen LogP contribution in [0.2, 0.25) is 0 Å². The predicted octanol–water partition coefficient (Wildman–Crippen LogP) is 1.85. The molecule has 1 aromatic rings. The first-order valence-corrected chi connectivity index (χ1v) is 5.88. The summed E-state index contributed by atoms with van der Waals surface area (Å²) in [6.45, 7) is 1.99. The number of carbonyl (C=O) groups excluding carboxylic acids is 1. The van der Waals surface area contributed by atoms with Crippen molar-refractivity contribution in [3.63, 3.8) is 0 Å². The summed E-state index contributed by atoms with van der Waals surface area (Å²) in [6.07, 6.45) is 2.79. The Morgan fingerprint density at radius 3 is 3.20 bits per heavy atom. The molecule has 1 N–H and O–H groups in total. The number of hydrogen-bond donors (Lipinski definition) is 1. The lowest BCUT2D eigenvalue weighted by Crippen LogP contribution is -2.35. The molecule has 0 aliphatic carbocycles. The van der Waals surface area contributed by atoms with Crippen LogP contribution in [-0.2, 0) is 4.79 Å². The lowest BCUT2D eigenvalue weighted by Gasteiger charge is -2.29. The van der Waals surface area contributed by atoms with Crippen LogP contribution < -0.4 is 5.32 Å². The van der Waals surface area contributed by atoms with Gasteiger partial charge in [0, 0.05) is 24.3 Å². The minimum atomic E-state index is 0. The summed E-state index contributed by atoms with van der Waals surface area (Å²) in [7, 11) is 0. The second-order valence-corrected chi connectivity index (χ2v) is 4.39. The number of halogens is 1. The number of carbonyl (C=O) groups is 1. The van der Waals surface area contributed by atoms with Gasteiger partial charge in [-0.1, -0.05) is 0 Å². The third-order valence-corrected chi connectivity index (χ3v) is 3.46. The Bertz CT molecular complexity index is 292. The Labute approximate surface area is 99.7 Å². The highest BCUT2D eigenvalue weighted by Crippen LogP contribution is 2.30. The molecule has 0 radical (unpaired) electrons. The summed E-state index contributed by atoms with van der Waals surface area (Å²) in [5, 5.41) is 5.45. The summed E-state index contributed by atoms with van der Waals surface area (Å²) in [6, 6.07) is 0. The van der Waals surface area contributed by atoms with Crippen molar-refractivity contribution < 1.29 is 4.79 Å². The molecule has 1 fully saturated rings. The van der Waals surface area contributed by atoms with Crippen LogP contribution in [0, 0.1) is 5.92 Å². The van der Waals surface area contributed by atoms with Gasteiger partial charge in [0.2, 0.25) is 0 Å². The summed E-state index contributed by atoms with van der Waals surface area (Å²) in [5.41, 5.74) is 3.01. The van der Waals surface area contributed by atoms with Crippen LogP contribution in [0.4, 0.5) is 0 Å². The van der Waals surface area contributed by atoms with Gasteiger partial charge in [-0.05, 0) is 18.9 Å². The number of aromatic nitrogens is 1. The number of hydrogen-bond acceptors (Lipinski definition) is 4. The average molecular weight is 247 g/mol. The fraction of sp³-hybridized carbons (Fsp3) is 0.600. The topological polar surface area (TPSA) is 42.0 Å². The second kappa shape index (κ2) is 6.20. The minimum absolute atomic E-state index is 0. The lowest BCUT2D eigenvalue weighted by molar-refractivity contribution is -0.108. The Morgan fingerprint density at radius 1 is 1.67 bits per heavy atom. The van der Waals surface area contributed by atoms with E-state index in [-0.39, 0.29) is 12.4 Å². The van der Waals surface area contributed by atoms with Gasteiger partial charge in [0.1, 0.15) is 6.29 Å². The maximum atomic E-state index is 10.6. The van der Waals surface area contributed by atoms with E-state index in [1.54, 1.807) is 11.3 Å². The molecule has 2 unspecified atom stereocenters. The Hall–Kier alpha value is -0.450. The highest BCUT2D eigenvalue weighted by atomic mass is 35.5. The molecule has 2 heterocycles. The standard InChI is InChI=1S/C10H14N2OS.ClH/c13-4-2-8-1-3-11-5-9(8)10-6-14-7-12-10;/h4,6-9,11H,1-3,5H2;1H. The normalized spacial score (nSPS) is 25.6. The number of thiazole rings is 1. The van der Waals surface area contributed by atoms with E-state index in [2.05, 4.69) is 15.7 Å². The summed E-state index contributed by atoms with van der Waals surface area (Å²) in [4.78, 5) is 14.9. The molecule has 5 heteroatoms. The maximum absolute atomic E-state index is 10.6. The van der Waals surface area contributed by atoms with Gasteiger partial charge in [0.25, 0.3) is 0 Å². The maximum Gasteiger partial charge on any atom is 0.120 e. The van der Waals surface area contributed by atoms with Gasteiger partial charge in [-0.25, -0.2) is 4.98 Å². The summed E-state index contributed by atoms with van der Waals surface area (Å²) < 4.78 is 0. The van der Waals surface area contributed by atoms with Crippen LogP contribution in [0.25, 0.3) is 0 Å². The molecule has 0 aromatic carbocycles. The predicted molar refractivity (Wildman–Crippen MR) is 63.8 cm³/mol. The molecule has 1 aliphatic heterocycles. The summed E-state index contributed by atoms with van der Waals surface area (Å²) in [5.74, 6) is 0.913. The smallest absolute Gasteiger partial charge is 0.120 e. The first-order chi connectivity index (χ1) is 6.92. The largest absolute Gasteiger partial charge is 0.316 e. The van der Waals surface area contributed by atoms with E-state index in [0.717, 1.165) is 31.5 Å². The van der Waals surface area contributed by atoms with Gasteiger partial charge >= 0.3 is 0 Å². The van der Waals surface area contributed by atoms with E-state index in [9.17, 15) is 4.79 Å². The number of piperidine rings is 1. The van der Waals surface area contributed by atoms with E-state index in [0.29, 0.717) is 18.3 Å². The number of rotatable bonds is 3. The summed E-state index contributed by atoms with van der Waals surface area (Å²) >= 11 is 1.63. The van der Waals surface area contributed by atoms with Crippen LogP contribution in [-0.4, -0.2) is 24.4 Å². The zero-order valence-corrected chi connectivity index (χ0v) is 10.0. The van der Waals surface area contributed by atoms with Gasteiger partial charge in [0.05, 0.1) is 11.2 Å². The van der Waals surface area contributed by atoms with Crippen LogP contribution in [0.1, 0.15) is 24.5 Å². The van der Waals surface area contributed by atoms with Crippen molar-refractivity contribution in [3.05, 3.63) is 16.6 Å². The van der Waals surface area contributed by atoms with Crippen molar-refractivity contribution in [2.45, 2.75) is 18.8 Å². The molecule has 0 spiro atoms. The minimum Gasteiger partial charge on any atom is -0.316 e. The van der Waals surface area contributed by atoms with Gasteiger partial charge in [0.15, 0.2) is 0 Å². The lowest BCUT2D eigenvalue weighted by atomic mass is 9.83. The molecule has 0 saturated carbocycles. The van der Waals surface area contributed by atoms with Gasteiger partial charge < -0.3 is 10.1 Å². The fourth-order valence-electron chi connectivity index (χ4n) is 2.07. The number of nitrogens with zero attached hydrogens (tertiary/aromatic N) is 1. The Balaban J connectivity index is 0.00000112. The molecule has 15 heavy (non-hydrogen) atoms. The van der Waals surface area contributed by atoms with Gasteiger partial charge in [-0.2, -0.15) is 0 Å². The van der Waals surface area contributed by atoms with E-state index in [4.69, 9.17) is 0 Å². The van der Waals surface area contributed by atoms with Gasteiger partial charge in [-0.3, -0.25) is 0 Å². The van der Waals surface area contributed by atoms with E-state index < -0.39 is 0 Å². The molecule has 2 rings (SSSR count). The Kier molecular flexibility index (Phi) is 5.22. The molecule has 0 bridgehead atoms. The third-order valence-electron chi connectivity index (χ3n) is 2.86. The van der Waals surface area contributed by atoms with Crippen molar-refractivity contribution in [2.75, 3.05) is 13.1 Å². The van der Waals surface area contributed by atoms with Gasteiger partial charge in [-0.15, -0.1) is 23.7 Å². The SMILES string of the molecule is Cl.O=CCC1CCNCC1c1cscn1. The monoisotopic (exact) mass is 246 g/mol. The zero-order valence-electron chi connectivity index (χ0n) is 8.39. The van der Waals surface area contributed by atoms with E-state index >= 15 is 0 Å². The Morgan fingerprint density at radius 2 is 2.53 bits per heavy atom. The molecule has 1 aromatic heterocycles. The molecular weight excluding hydrogens is 232 g/mol. The van der Waals surface area contributed by atoms with Crippen LogP contribution in [0.5, 0.6) is 0 Å². The highest BCUT2D eigenvalue weighted by Gasteiger charge is 2.26. The second-order valence-electron chi connectivity index (χ2n) is 3.68. The molecule has 1 aliphatic rings. The average Bonchev–Trinajstić information content (AvgIpc) is 2.72. The van der Waals surface area contributed by atoms with Crippen LogP contribution in [0.15, 0.2) is 10.9 Å². The number of aldehydes is 1. The first-order valence-electron chi connectivity index (χ1n) is 4.94. The molecule has 3 nitrogen and oxygen atoms in total. The van der Waals surface area contributed by atoms with Crippen molar-refractivity contribution in [2.24, 2.45) is 5.92 Å². The molecule has 0 amide bonds. The highest BCUT2D eigenvalue weighted by molar-refractivity contribution is 7.07. The number of nitrogens with one attached hydrogen (secondary N) is 1. The van der Waals surface area contributed by atoms with Crippen molar-refractivity contribution in [1.82, 2.24) is 10.3 Å². The van der Waals surface area contributed by atoms with Crippen molar-refractivity contribution in [1.29, 1.82) is 0 Å².